The molecule has 2 amide bonds. The van der Waals surface area contributed by atoms with Gasteiger partial charge in [-0.15, -0.1) is 0 Å². The summed E-state index contributed by atoms with van der Waals surface area (Å²) in [7, 11) is 0. The Morgan fingerprint density at radius 2 is 1.75 bits per heavy atom. The Kier molecular flexibility index (Phi) is 7.13. The molecule has 0 radical (unpaired) electrons. The van der Waals surface area contributed by atoms with Gasteiger partial charge >= 0.3 is 12.0 Å². The van der Waals surface area contributed by atoms with Crippen molar-refractivity contribution in [1.82, 2.24) is 10.6 Å². The van der Waals surface area contributed by atoms with Gasteiger partial charge in [0.05, 0.1) is 6.10 Å². The van der Waals surface area contributed by atoms with Crippen LogP contribution in [0.4, 0.5) is 4.79 Å². The second-order valence-corrected chi connectivity index (χ2v) is 4.40. The van der Waals surface area contributed by atoms with Crippen LogP contribution in [-0.4, -0.2) is 35.3 Å². The van der Waals surface area contributed by atoms with E-state index in [2.05, 4.69) is 10.6 Å². The van der Waals surface area contributed by atoms with Gasteiger partial charge in [0.2, 0.25) is 0 Å². The van der Waals surface area contributed by atoms with E-state index < -0.39 is 12.1 Å². The first-order chi connectivity index (χ1) is 9.59. The fraction of sp³-hybridized carbons (Fsp3) is 0.429. The molecule has 1 atom stereocenters. The zero-order valence-electron chi connectivity index (χ0n) is 11.2. The lowest BCUT2D eigenvalue weighted by Crippen LogP contribution is -2.37. The molecule has 0 fully saturated rings. The highest BCUT2D eigenvalue weighted by molar-refractivity contribution is 5.73. The summed E-state index contributed by atoms with van der Waals surface area (Å²) in [6, 6.07) is 8.88. The van der Waals surface area contributed by atoms with Crippen molar-refractivity contribution >= 4 is 12.0 Å². The van der Waals surface area contributed by atoms with Crippen LogP contribution in [-0.2, 0) is 4.79 Å². The predicted molar refractivity (Wildman–Crippen MR) is 74.3 cm³/mol. The number of carbonyl (C=O) groups excluding carboxylic acids is 1. The minimum Gasteiger partial charge on any atom is -0.481 e. The van der Waals surface area contributed by atoms with Crippen molar-refractivity contribution in [3.05, 3.63) is 35.9 Å². The number of amides is 2. The van der Waals surface area contributed by atoms with E-state index in [1.807, 2.05) is 30.3 Å². The molecule has 0 aliphatic rings. The molecule has 0 saturated carbocycles. The third-order valence-corrected chi connectivity index (χ3v) is 2.74. The maximum Gasteiger partial charge on any atom is 0.314 e. The summed E-state index contributed by atoms with van der Waals surface area (Å²) in [5.41, 5.74) is 0.816. The number of carbonyl (C=O) groups is 2. The molecule has 1 aromatic carbocycles. The van der Waals surface area contributed by atoms with E-state index in [1.54, 1.807) is 0 Å². The second kappa shape index (κ2) is 8.92. The van der Waals surface area contributed by atoms with E-state index in [9.17, 15) is 14.7 Å². The summed E-state index contributed by atoms with van der Waals surface area (Å²) in [6.07, 6.45) is 0.248. The Bertz CT molecular complexity index is 422. The summed E-state index contributed by atoms with van der Waals surface area (Å²) in [4.78, 5) is 21.6. The van der Waals surface area contributed by atoms with Crippen LogP contribution in [0, 0.1) is 0 Å². The SMILES string of the molecule is O=C(O)CCCNC(=O)NCCC(O)c1ccccc1. The maximum atomic E-state index is 11.4. The highest BCUT2D eigenvalue weighted by Crippen LogP contribution is 2.14. The Morgan fingerprint density at radius 3 is 2.40 bits per heavy atom. The highest BCUT2D eigenvalue weighted by atomic mass is 16.4. The molecule has 0 spiro atoms. The van der Waals surface area contributed by atoms with Gasteiger partial charge < -0.3 is 20.8 Å². The molecule has 0 heterocycles. The largest absolute Gasteiger partial charge is 0.481 e. The third-order valence-electron chi connectivity index (χ3n) is 2.74. The van der Waals surface area contributed by atoms with E-state index >= 15 is 0 Å². The monoisotopic (exact) mass is 280 g/mol. The first-order valence-corrected chi connectivity index (χ1v) is 6.56. The van der Waals surface area contributed by atoms with Crippen molar-refractivity contribution in [2.45, 2.75) is 25.4 Å². The first kappa shape index (κ1) is 16.0. The van der Waals surface area contributed by atoms with Gasteiger partial charge in [-0.3, -0.25) is 4.79 Å². The molecule has 6 heteroatoms. The average Bonchev–Trinajstić information content (AvgIpc) is 2.44. The fourth-order valence-electron chi connectivity index (χ4n) is 1.67. The van der Waals surface area contributed by atoms with Gasteiger partial charge in [0.1, 0.15) is 0 Å². The van der Waals surface area contributed by atoms with Crippen LogP contribution in [0.25, 0.3) is 0 Å². The summed E-state index contributed by atoms with van der Waals surface area (Å²) in [6.45, 7) is 0.667. The van der Waals surface area contributed by atoms with Crippen LogP contribution in [0.3, 0.4) is 0 Å². The molecule has 0 bridgehead atoms. The van der Waals surface area contributed by atoms with Crippen molar-refractivity contribution in [2.24, 2.45) is 0 Å². The van der Waals surface area contributed by atoms with E-state index in [0.29, 0.717) is 25.9 Å². The van der Waals surface area contributed by atoms with Crippen molar-refractivity contribution in [3.8, 4) is 0 Å². The molecular weight excluding hydrogens is 260 g/mol. The first-order valence-electron chi connectivity index (χ1n) is 6.56. The van der Waals surface area contributed by atoms with Crippen LogP contribution in [0.2, 0.25) is 0 Å². The van der Waals surface area contributed by atoms with Crippen LogP contribution in [0.15, 0.2) is 30.3 Å². The zero-order chi connectivity index (χ0) is 14.8. The van der Waals surface area contributed by atoms with Crippen LogP contribution in [0.5, 0.6) is 0 Å². The van der Waals surface area contributed by atoms with Gasteiger partial charge in [0.15, 0.2) is 0 Å². The molecule has 6 nitrogen and oxygen atoms in total. The molecule has 1 rings (SSSR count). The van der Waals surface area contributed by atoms with E-state index in [-0.39, 0.29) is 12.5 Å². The van der Waals surface area contributed by atoms with Gasteiger partial charge in [-0.05, 0) is 18.4 Å². The number of hydrogen-bond donors (Lipinski definition) is 4. The minimum absolute atomic E-state index is 0.0347. The van der Waals surface area contributed by atoms with Crippen molar-refractivity contribution in [1.29, 1.82) is 0 Å². The summed E-state index contributed by atoms with van der Waals surface area (Å²) in [5, 5.41) is 23.5. The lowest BCUT2D eigenvalue weighted by Gasteiger charge is -2.12. The Morgan fingerprint density at radius 1 is 1.10 bits per heavy atom. The van der Waals surface area contributed by atoms with Gasteiger partial charge in [-0.25, -0.2) is 4.79 Å². The minimum atomic E-state index is -0.877. The summed E-state index contributed by atoms with van der Waals surface area (Å²) < 4.78 is 0. The lowest BCUT2D eigenvalue weighted by atomic mass is 10.1. The molecule has 0 saturated heterocycles. The number of aliphatic hydroxyl groups is 1. The van der Waals surface area contributed by atoms with Crippen LogP contribution >= 0.6 is 0 Å². The van der Waals surface area contributed by atoms with Gasteiger partial charge in [-0.2, -0.15) is 0 Å². The second-order valence-electron chi connectivity index (χ2n) is 4.40. The molecule has 0 aliphatic heterocycles. The molecule has 4 N–H and O–H groups in total. The maximum absolute atomic E-state index is 11.4. The van der Waals surface area contributed by atoms with E-state index in [0.717, 1.165) is 5.56 Å². The number of rotatable bonds is 8. The Hall–Kier alpha value is -2.08. The number of benzene rings is 1. The number of aliphatic carboxylic acids is 1. The number of carboxylic acid groups (broad SMARTS) is 1. The topological polar surface area (TPSA) is 98.7 Å². The Balaban J connectivity index is 2.11. The van der Waals surface area contributed by atoms with Crippen molar-refractivity contribution in [3.63, 3.8) is 0 Å². The molecule has 0 aromatic heterocycles. The highest BCUT2D eigenvalue weighted by Gasteiger charge is 2.07. The lowest BCUT2D eigenvalue weighted by molar-refractivity contribution is -0.137. The summed E-state index contributed by atoms with van der Waals surface area (Å²) in [5.74, 6) is -0.877. The molecular formula is C14H20N2O4. The van der Waals surface area contributed by atoms with Gasteiger partial charge in [0, 0.05) is 19.5 Å². The standard InChI is InChI=1S/C14H20N2O4/c17-12(11-5-2-1-3-6-11)8-10-16-14(20)15-9-4-7-13(18)19/h1-3,5-6,12,17H,4,7-10H2,(H,18,19)(H2,15,16,20). The van der Waals surface area contributed by atoms with Crippen molar-refractivity contribution < 1.29 is 19.8 Å². The molecule has 110 valence electrons. The fourth-order valence-corrected chi connectivity index (χ4v) is 1.67. The Labute approximate surface area is 117 Å². The number of aliphatic hydroxyl groups excluding tert-OH is 1. The molecule has 1 unspecified atom stereocenters. The van der Waals surface area contributed by atoms with E-state index in [1.165, 1.54) is 0 Å². The quantitative estimate of drug-likeness (QED) is 0.539. The third kappa shape index (κ3) is 6.75. The molecule has 20 heavy (non-hydrogen) atoms. The van der Waals surface area contributed by atoms with Crippen LogP contribution in [0.1, 0.15) is 30.9 Å². The molecule has 1 aromatic rings. The molecule has 0 aliphatic carbocycles. The number of nitrogens with one attached hydrogen (secondary N) is 2. The van der Waals surface area contributed by atoms with Gasteiger partial charge in [0.25, 0.3) is 0 Å². The van der Waals surface area contributed by atoms with E-state index in [4.69, 9.17) is 5.11 Å². The van der Waals surface area contributed by atoms with Crippen molar-refractivity contribution in [2.75, 3.05) is 13.1 Å². The zero-order valence-corrected chi connectivity index (χ0v) is 11.2. The smallest absolute Gasteiger partial charge is 0.314 e. The average molecular weight is 280 g/mol. The number of carboxylic acids is 1. The number of urea groups is 1. The van der Waals surface area contributed by atoms with Gasteiger partial charge in [-0.1, -0.05) is 30.3 Å². The van der Waals surface area contributed by atoms with Crippen LogP contribution < -0.4 is 10.6 Å². The normalized spacial score (nSPS) is 11.7. The predicted octanol–water partition coefficient (Wildman–Crippen LogP) is 1.27. The summed E-state index contributed by atoms with van der Waals surface area (Å²) >= 11 is 0. The number of hydrogen-bond acceptors (Lipinski definition) is 3.